The van der Waals surface area contributed by atoms with Crippen LogP contribution in [0.15, 0.2) is 18.2 Å². The predicted molar refractivity (Wildman–Crippen MR) is 72.0 cm³/mol. The van der Waals surface area contributed by atoms with Crippen LogP contribution in [-0.4, -0.2) is 23.4 Å². The van der Waals surface area contributed by atoms with Crippen LogP contribution >= 0.6 is 0 Å². The van der Waals surface area contributed by atoms with E-state index >= 15 is 0 Å². The normalized spacial score (nSPS) is 10.2. The van der Waals surface area contributed by atoms with Crippen LogP contribution in [0.2, 0.25) is 0 Å². The van der Waals surface area contributed by atoms with Gasteiger partial charge < -0.3 is 10.6 Å². The van der Waals surface area contributed by atoms with Gasteiger partial charge in [0.05, 0.1) is 12.5 Å². The average Bonchev–Trinajstić information content (AvgIpc) is 2.27. The lowest BCUT2D eigenvalue weighted by Gasteiger charge is -2.26. The lowest BCUT2D eigenvalue weighted by atomic mass is 10.1. The molecule has 0 saturated heterocycles. The Hall–Kier alpha value is -2.02. The van der Waals surface area contributed by atoms with E-state index in [1.807, 2.05) is 32.9 Å². The highest BCUT2D eigenvalue weighted by Crippen LogP contribution is 2.15. The van der Waals surface area contributed by atoms with Crippen molar-refractivity contribution in [3.63, 3.8) is 0 Å². The van der Waals surface area contributed by atoms with Crippen molar-refractivity contribution in [2.45, 2.75) is 33.2 Å². The Morgan fingerprint density at radius 3 is 2.61 bits per heavy atom. The zero-order chi connectivity index (χ0) is 13.7. The van der Waals surface area contributed by atoms with Gasteiger partial charge in [0.15, 0.2) is 0 Å². The second-order valence-corrected chi connectivity index (χ2v) is 4.63. The Morgan fingerprint density at radius 2 is 2.11 bits per heavy atom. The van der Waals surface area contributed by atoms with E-state index in [4.69, 9.17) is 11.0 Å². The summed E-state index contributed by atoms with van der Waals surface area (Å²) in [4.78, 5) is 14.0. The standard InChI is InChI=1S/C14H19N3O/c1-10(2)17(6-4-5-15)14(18)12-7-11(3)8-13(16)9-12/h7-10H,4,6,16H2,1-3H3. The molecule has 96 valence electrons. The molecule has 0 heterocycles. The molecule has 1 aromatic rings. The molecule has 0 spiro atoms. The number of carbonyl (C=O) groups is 1. The summed E-state index contributed by atoms with van der Waals surface area (Å²) in [5, 5.41) is 8.63. The molecule has 0 aromatic heterocycles. The lowest BCUT2D eigenvalue weighted by molar-refractivity contribution is 0.0710. The fraction of sp³-hybridized carbons (Fsp3) is 0.429. The Morgan fingerprint density at radius 1 is 1.44 bits per heavy atom. The molecule has 18 heavy (non-hydrogen) atoms. The summed E-state index contributed by atoms with van der Waals surface area (Å²) in [5.74, 6) is -0.0735. The summed E-state index contributed by atoms with van der Waals surface area (Å²) in [5.41, 5.74) is 7.88. The van der Waals surface area contributed by atoms with Crippen molar-refractivity contribution >= 4 is 11.6 Å². The summed E-state index contributed by atoms with van der Waals surface area (Å²) in [6.45, 7) is 6.23. The monoisotopic (exact) mass is 245 g/mol. The quantitative estimate of drug-likeness (QED) is 0.828. The molecule has 2 N–H and O–H groups in total. The van der Waals surface area contributed by atoms with Gasteiger partial charge in [-0.2, -0.15) is 5.26 Å². The zero-order valence-electron chi connectivity index (χ0n) is 11.1. The van der Waals surface area contributed by atoms with Gasteiger partial charge in [0.2, 0.25) is 0 Å². The molecule has 0 radical (unpaired) electrons. The fourth-order valence-corrected chi connectivity index (χ4v) is 1.87. The van der Waals surface area contributed by atoms with Gasteiger partial charge in [-0.3, -0.25) is 4.79 Å². The number of hydrogen-bond donors (Lipinski definition) is 1. The van der Waals surface area contributed by atoms with Gasteiger partial charge in [0.1, 0.15) is 0 Å². The minimum atomic E-state index is -0.0735. The molecule has 0 saturated carbocycles. The van der Waals surface area contributed by atoms with Crippen LogP contribution in [0.1, 0.15) is 36.2 Å². The van der Waals surface area contributed by atoms with Crippen LogP contribution in [0.4, 0.5) is 5.69 Å². The number of nitrogen functional groups attached to an aromatic ring is 1. The van der Waals surface area contributed by atoms with Crippen molar-refractivity contribution < 1.29 is 4.79 Å². The number of rotatable bonds is 4. The van der Waals surface area contributed by atoms with E-state index < -0.39 is 0 Å². The summed E-state index contributed by atoms with van der Waals surface area (Å²) in [6, 6.07) is 7.45. The molecular formula is C14H19N3O. The molecule has 1 rings (SSSR count). The second-order valence-electron chi connectivity index (χ2n) is 4.63. The maximum Gasteiger partial charge on any atom is 0.254 e. The van der Waals surface area contributed by atoms with Gasteiger partial charge in [-0.05, 0) is 44.5 Å². The highest BCUT2D eigenvalue weighted by Gasteiger charge is 2.18. The molecule has 0 unspecified atom stereocenters. The van der Waals surface area contributed by atoms with E-state index in [-0.39, 0.29) is 11.9 Å². The summed E-state index contributed by atoms with van der Waals surface area (Å²) >= 11 is 0. The van der Waals surface area contributed by atoms with Crippen molar-refractivity contribution in [3.8, 4) is 6.07 Å². The van der Waals surface area contributed by atoms with Crippen molar-refractivity contribution in [3.05, 3.63) is 29.3 Å². The smallest absolute Gasteiger partial charge is 0.254 e. The maximum absolute atomic E-state index is 12.4. The summed E-state index contributed by atoms with van der Waals surface area (Å²) in [6.07, 6.45) is 0.339. The first kappa shape index (κ1) is 14.0. The largest absolute Gasteiger partial charge is 0.399 e. The van der Waals surface area contributed by atoms with Crippen LogP contribution < -0.4 is 5.73 Å². The van der Waals surface area contributed by atoms with Gasteiger partial charge >= 0.3 is 0 Å². The minimum absolute atomic E-state index is 0.0626. The first-order valence-electron chi connectivity index (χ1n) is 6.00. The highest BCUT2D eigenvalue weighted by atomic mass is 16.2. The third-order valence-electron chi connectivity index (χ3n) is 2.70. The predicted octanol–water partition coefficient (Wildman–Crippen LogP) is 2.34. The van der Waals surface area contributed by atoms with E-state index in [1.165, 1.54) is 0 Å². The third-order valence-corrected chi connectivity index (χ3v) is 2.70. The van der Waals surface area contributed by atoms with Gasteiger partial charge in [-0.25, -0.2) is 0 Å². The number of nitriles is 1. The number of nitrogens with zero attached hydrogens (tertiary/aromatic N) is 2. The minimum Gasteiger partial charge on any atom is -0.399 e. The SMILES string of the molecule is Cc1cc(N)cc(C(=O)N(CCC#N)C(C)C)c1. The first-order chi connectivity index (χ1) is 8.45. The molecule has 4 heteroatoms. The molecule has 0 aliphatic heterocycles. The molecular weight excluding hydrogens is 226 g/mol. The molecule has 1 amide bonds. The zero-order valence-corrected chi connectivity index (χ0v) is 11.1. The molecule has 0 aliphatic rings. The Bertz CT molecular complexity index is 454. The Balaban J connectivity index is 2.98. The van der Waals surface area contributed by atoms with Crippen LogP contribution in [0.25, 0.3) is 0 Å². The van der Waals surface area contributed by atoms with Crippen molar-refractivity contribution in [1.29, 1.82) is 5.26 Å². The van der Waals surface area contributed by atoms with Crippen molar-refractivity contribution in [1.82, 2.24) is 4.90 Å². The van der Waals surface area contributed by atoms with E-state index in [0.29, 0.717) is 24.2 Å². The number of nitrogens with two attached hydrogens (primary N) is 1. The Kier molecular flexibility index (Phi) is 4.73. The molecule has 0 bridgehead atoms. The second kappa shape index (κ2) is 6.06. The maximum atomic E-state index is 12.4. The first-order valence-corrected chi connectivity index (χ1v) is 6.00. The fourth-order valence-electron chi connectivity index (χ4n) is 1.87. The number of amides is 1. The van der Waals surface area contributed by atoms with Crippen LogP contribution in [0, 0.1) is 18.3 Å². The number of benzene rings is 1. The van der Waals surface area contributed by atoms with Crippen molar-refractivity contribution in [2.24, 2.45) is 0 Å². The molecule has 4 nitrogen and oxygen atoms in total. The van der Waals surface area contributed by atoms with Gasteiger partial charge in [0.25, 0.3) is 5.91 Å². The van der Waals surface area contributed by atoms with E-state index in [0.717, 1.165) is 5.56 Å². The number of aryl methyl sites for hydroxylation is 1. The number of carbonyl (C=O) groups excluding carboxylic acids is 1. The molecule has 0 aliphatic carbocycles. The molecule has 0 atom stereocenters. The topological polar surface area (TPSA) is 70.1 Å². The molecule has 0 fully saturated rings. The van der Waals surface area contributed by atoms with E-state index in [2.05, 4.69) is 6.07 Å². The van der Waals surface area contributed by atoms with Gasteiger partial charge in [-0.1, -0.05) is 0 Å². The van der Waals surface area contributed by atoms with Crippen LogP contribution in [-0.2, 0) is 0 Å². The molecule has 1 aromatic carbocycles. The van der Waals surface area contributed by atoms with Gasteiger partial charge in [-0.15, -0.1) is 0 Å². The van der Waals surface area contributed by atoms with E-state index in [1.54, 1.807) is 11.0 Å². The average molecular weight is 245 g/mol. The van der Waals surface area contributed by atoms with Crippen molar-refractivity contribution in [2.75, 3.05) is 12.3 Å². The van der Waals surface area contributed by atoms with E-state index in [9.17, 15) is 4.79 Å². The Labute approximate surface area is 108 Å². The highest BCUT2D eigenvalue weighted by molar-refractivity contribution is 5.95. The van der Waals surface area contributed by atoms with Gasteiger partial charge in [0, 0.05) is 23.8 Å². The van der Waals surface area contributed by atoms with Crippen LogP contribution in [0.3, 0.4) is 0 Å². The summed E-state index contributed by atoms with van der Waals surface area (Å²) in [7, 11) is 0. The van der Waals surface area contributed by atoms with Crippen LogP contribution in [0.5, 0.6) is 0 Å². The third kappa shape index (κ3) is 3.49. The lowest BCUT2D eigenvalue weighted by Crippen LogP contribution is -2.37. The summed E-state index contributed by atoms with van der Waals surface area (Å²) < 4.78 is 0. The number of hydrogen-bond acceptors (Lipinski definition) is 3. The number of anilines is 1.